The van der Waals surface area contributed by atoms with Crippen LogP contribution < -0.4 is 19.6 Å². The molecule has 6 nitrogen and oxygen atoms in total. The molecule has 0 amide bonds. The van der Waals surface area contributed by atoms with Crippen molar-refractivity contribution in [3.63, 3.8) is 0 Å². The van der Waals surface area contributed by atoms with E-state index >= 15 is 0 Å². The van der Waals surface area contributed by atoms with Crippen molar-refractivity contribution in [1.82, 2.24) is 9.97 Å². The van der Waals surface area contributed by atoms with Crippen LogP contribution in [0, 0.1) is 6.92 Å². The minimum absolute atomic E-state index is 0.0933. The normalized spacial score (nSPS) is 21.7. The number of rotatable bonds is 3. The zero-order valence-electron chi connectivity index (χ0n) is 28.4. The standard InChI is InChI=1S/C44H36N6/c1-4-44-25-28-22-23-34(32(44)24-28)50-41-37(26-45-40(46-41)30-17-9-8-14-27(30)2)47(3)42(50)38-39(44)31-18-10-11-19-33(31)49-36-21-13-12-20-35(36)48(43(38)49)29-15-6-5-7-16-29/h5-24,26,42-43H,4,25H2,1-3H3. The summed E-state index contributed by atoms with van der Waals surface area (Å²) in [6.45, 7) is 4.53. The summed E-state index contributed by atoms with van der Waals surface area (Å²) in [7, 11) is 2.24. The van der Waals surface area contributed by atoms with Gasteiger partial charge >= 0.3 is 0 Å². The van der Waals surface area contributed by atoms with Crippen molar-refractivity contribution in [3.8, 4) is 11.4 Å². The highest BCUT2D eigenvalue weighted by atomic mass is 15.5. The van der Waals surface area contributed by atoms with Gasteiger partial charge in [-0.05, 0) is 78.4 Å². The Morgan fingerprint density at radius 3 is 2.16 bits per heavy atom. The minimum Gasteiger partial charge on any atom is -0.346 e. The van der Waals surface area contributed by atoms with Crippen LogP contribution in [0.2, 0.25) is 0 Å². The molecule has 0 saturated carbocycles. The SMILES string of the molecule is CCC12Cc3ccc(c1c3)N1c3nc(-c4ccccc4C)ncc3N(C)C1C1=C2c2ccccc2N2c3ccccc3N(c3ccccc3)C12. The van der Waals surface area contributed by atoms with E-state index in [0.29, 0.717) is 0 Å². The lowest BCUT2D eigenvalue weighted by Crippen LogP contribution is -2.53. The monoisotopic (exact) mass is 648 g/mol. The van der Waals surface area contributed by atoms with Gasteiger partial charge in [-0.2, -0.15) is 0 Å². The van der Waals surface area contributed by atoms with Gasteiger partial charge in [-0.15, -0.1) is 0 Å². The van der Waals surface area contributed by atoms with Crippen molar-refractivity contribution in [2.45, 2.75) is 44.4 Å². The lowest BCUT2D eigenvalue weighted by Gasteiger charge is -2.47. The molecular formula is C44H36N6. The van der Waals surface area contributed by atoms with E-state index in [9.17, 15) is 0 Å². The molecule has 4 aliphatic heterocycles. The number of hydrogen-bond donors (Lipinski definition) is 0. The summed E-state index contributed by atoms with van der Waals surface area (Å²) in [5.74, 6) is 1.73. The number of benzene rings is 5. The third kappa shape index (κ3) is 3.38. The molecule has 6 aromatic rings. The zero-order valence-corrected chi connectivity index (χ0v) is 28.4. The Kier molecular flexibility index (Phi) is 5.52. The second kappa shape index (κ2) is 9.85. The number of aromatic nitrogens is 2. The summed E-state index contributed by atoms with van der Waals surface area (Å²) in [4.78, 5) is 20.6. The van der Waals surface area contributed by atoms with E-state index in [-0.39, 0.29) is 17.7 Å². The van der Waals surface area contributed by atoms with Crippen molar-refractivity contribution < 1.29 is 0 Å². The van der Waals surface area contributed by atoms with Gasteiger partial charge in [0, 0.05) is 40.5 Å². The van der Waals surface area contributed by atoms with Crippen molar-refractivity contribution in [2.24, 2.45) is 0 Å². The number of likely N-dealkylation sites (N-methyl/N-ethyl adjacent to an activating group) is 1. The maximum absolute atomic E-state index is 5.46. The van der Waals surface area contributed by atoms with Crippen LogP contribution in [0.3, 0.4) is 0 Å². The second-order valence-corrected chi connectivity index (χ2v) is 14.3. The van der Waals surface area contributed by atoms with Crippen LogP contribution in [0.15, 0.2) is 133 Å². The number of hydrogen-bond acceptors (Lipinski definition) is 6. The topological polar surface area (TPSA) is 38.7 Å². The smallest absolute Gasteiger partial charge is 0.162 e. The molecule has 0 fully saturated rings. The van der Waals surface area contributed by atoms with Gasteiger partial charge in [0.1, 0.15) is 18.0 Å². The van der Waals surface area contributed by atoms with Gasteiger partial charge in [-0.25, -0.2) is 9.97 Å². The Morgan fingerprint density at radius 2 is 1.38 bits per heavy atom. The molecule has 0 radical (unpaired) electrons. The lowest BCUT2D eigenvalue weighted by molar-refractivity contribution is 0.544. The Labute approximate surface area is 292 Å². The van der Waals surface area contributed by atoms with E-state index < -0.39 is 0 Å². The fourth-order valence-electron chi connectivity index (χ4n) is 9.84. The zero-order chi connectivity index (χ0) is 33.3. The van der Waals surface area contributed by atoms with Gasteiger partial charge in [-0.3, -0.25) is 4.90 Å². The average molecular weight is 649 g/mol. The Balaban J connectivity index is 1.25. The van der Waals surface area contributed by atoms with Crippen molar-refractivity contribution in [2.75, 3.05) is 26.6 Å². The summed E-state index contributed by atoms with van der Waals surface area (Å²) in [6.07, 6.45) is 3.82. The Hall–Kier alpha value is -5.88. The number of para-hydroxylation sites is 4. The maximum Gasteiger partial charge on any atom is 0.162 e. The number of fused-ring (bicyclic) bond motifs is 14. The molecule has 0 saturated heterocycles. The molecule has 5 aromatic carbocycles. The molecule has 242 valence electrons. The predicted molar refractivity (Wildman–Crippen MR) is 203 cm³/mol. The summed E-state index contributed by atoms with van der Waals surface area (Å²) in [6, 6.07) is 44.7. The van der Waals surface area contributed by atoms with Crippen LogP contribution in [0.1, 0.15) is 35.6 Å². The average Bonchev–Trinajstić information content (AvgIpc) is 3.74. The molecule has 5 heterocycles. The molecule has 1 aromatic heterocycles. The molecule has 6 heteroatoms. The van der Waals surface area contributed by atoms with Crippen molar-refractivity contribution in [3.05, 3.63) is 155 Å². The predicted octanol–water partition coefficient (Wildman–Crippen LogP) is 9.67. The fourth-order valence-corrected chi connectivity index (χ4v) is 9.84. The highest BCUT2D eigenvalue weighted by Gasteiger charge is 2.58. The van der Waals surface area contributed by atoms with Gasteiger partial charge < -0.3 is 14.7 Å². The van der Waals surface area contributed by atoms with E-state index in [0.717, 1.165) is 35.7 Å². The molecular weight excluding hydrogens is 613 g/mol. The van der Waals surface area contributed by atoms with Crippen LogP contribution in [0.4, 0.5) is 39.9 Å². The molecule has 3 atom stereocenters. The first-order chi connectivity index (χ1) is 24.6. The summed E-state index contributed by atoms with van der Waals surface area (Å²) < 4.78 is 0. The quantitative estimate of drug-likeness (QED) is 0.190. The molecule has 1 aliphatic carbocycles. The molecule has 0 spiro atoms. The van der Waals surface area contributed by atoms with Gasteiger partial charge in [0.05, 0.1) is 23.3 Å². The van der Waals surface area contributed by atoms with Crippen molar-refractivity contribution in [1.29, 1.82) is 0 Å². The van der Waals surface area contributed by atoms with Gasteiger partial charge in [0.2, 0.25) is 0 Å². The molecule has 2 bridgehead atoms. The third-order valence-corrected chi connectivity index (χ3v) is 12.0. The Morgan fingerprint density at radius 1 is 0.680 bits per heavy atom. The van der Waals surface area contributed by atoms with Crippen LogP contribution in [0.5, 0.6) is 0 Å². The van der Waals surface area contributed by atoms with Crippen LogP contribution >= 0.6 is 0 Å². The molecule has 50 heavy (non-hydrogen) atoms. The van der Waals surface area contributed by atoms with Gasteiger partial charge in [0.25, 0.3) is 0 Å². The number of allylic oxidation sites excluding steroid dienone is 1. The largest absolute Gasteiger partial charge is 0.346 e. The van der Waals surface area contributed by atoms with Crippen LogP contribution in [-0.4, -0.2) is 29.3 Å². The highest BCUT2D eigenvalue weighted by molar-refractivity contribution is 6.03. The summed E-state index contributed by atoms with van der Waals surface area (Å²) in [5, 5.41) is 0. The van der Waals surface area contributed by atoms with E-state index in [1.807, 2.05) is 6.20 Å². The number of nitrogens with zero attached hydrogens (tertiary/aromatic N) is 6. The molecule has 11 rings (SSSR count). The van der Waals surface area contributed by atoms with E-state index in [4.69, 9.17) is 9.97 Å². The van der Waals surface area contributed by atoms with Crippen molar-refractivity contribution >= 4 is 45.5 Å². The lowest BCUT2D eigenvalue weighted by atomic mass is 9.67. The maximum atomic E-state index is 5.46. The molecule has 0 N–H and O–H groups in total. The number of anilines is 7. The number of aryl methyl sites for hydroxylation is 1. The minimum atomic E-state index is -0.181. The highest BCUT2D eigenvalue weighted by Crippen LogP contribution is 2.65. The third-order valence-electron chi connectivity index (χ3n) is 12.0. The fraction of sp³-hybridized carbons (Fsp3) is 0.182. The second-order valence-electron chi connectivity index (χ2n) is 14.3. The summed E-state index contributed by atoms with van der Waals surface area (Å²) in [5.41, 5.74) is 16.3. The van der Waals surface area contributed by atoms with Gasteiger partial charge in [0.15, 0.2) is 11.6 Å². The van der Waals surface area contributed by atoms with Gasteiger partial charge in [-0.1, -0.05) is 91.9 Å². The Bertz CT molecular complexity index is 2420. The molecule has 5 aliphatic rings. The first-order valence-electron chi connectivity index (χ1n) is 17.7. The van der Waals surface area contributed by atoms with E-state index in [2.05, 4.69) is 162 Å². The summed E-state index contributed by atoms with van der Waals surface area (Å²) >= 11 is 0. The van der Waals surface area contributed by atoms with Crippen LogP contribution in [-0.2, 0) is 11.8 Å². The van der Waals surface area contributed by atoms with Crippen LogP contribution in [0.25, 0.3) is 17.0 Å². The van der Waals surface area contributed by atoms with E-state index in [1.54, 1.807) is 0 Å². The molecule has 3 unspecified atom stereocenters. The first kappa shape index (κ1) is 28.0. The van der Waals surface area contributed by atoms with E-state index in [1.165, 1.54) is 61.8 Å². The first-order valence-corrected chi connectivity index (χ1v) is 17.7.